The van der Waals surface area contributed by atoms with Crippen molar-refractivity contribution >= 4 is 6.21 Å². The lowest BCUT2D eigenvalue weighted by atomic mass is 10.1. The summed E-state index contributed by atoms with van der Waals surface area (Å²) in [4.78, 5) is 2.64. The molecule has 1 aromatic rings. The van der Waals surface area contributed by atoms with E-state index < -0.39 is 11.7 Å². The maximum absolute atomic E-state index is 12.1. The summed E-state index contributed by atoms with van der Waals surface area (Å²) in [6, 6.07) is 4.52. The molecule has 1 rings (SSSR count). The zero-order valence-corrected chi connectivity index (χ0v) is 6.42. The van der Waals surface area contributed by atoms with Crippen molar-refractivity contribution in [2.24, 2.45) is 0 Å². The smallest absolute Gasteiger partial charge is 0.361 e. The second kappa shape index (κ2) is 3.41. The van der Waals surface area contributed by atoms with Crippen LogP contribution in [0.2, 0.25) is 0 Å². The van der Waals surface area contributed by atoms with Crippen molar-refractivity contribution in [3.8, 4) is 0 Å². The molecule has 13 heavy (non-hydrogen) atoms. The molecule has 0 radical (unpaired) electrons. The Hall–Kier alpha value is -1.61. The highest BCUT2D eigenvalue weighted by Gasteiger charge is 2.30. The van der Waals surface area contributed by atoms with Crippen LogP contribution >= 0.6 is 0 Å². The predicted octanol–water partition coefficient (Wildman–Crippen LogP) is 2.35. The number of alkyl halides is 3. The molecule has 0 saturated heterocycles. The van der Waals surface area contributed by atoms with Gasteiger partial charge in [0.2, 0.25) is 0 Å². The first-order valence-electron chi connectivity index (χ1n) is 3.39. The van der Waals surface area contributed by atoms with Crippen molar-refractivity contribution in [1.29, 1.82) is 0 Å². The summed E-state index contributed by atoms with van der Waals surface area (Å²) >= 11 is 0. The molecule has 0 bridgehead atoms. The molecule has 0 heterocycles. The van der Waals surface area contributed by atoms with Crippen LogP contribution in [0.15, 0.2) is 24.3 Å². The number of hydrogen-bond donors (Lipinski definition) is 0. The summed E-state index contributed by atoms with van der Waals surface area (Å²) in [6.45, 7) is 0. The number of halogens is 3. The number of nitrogens with zero attached hydrogens (tertiary/aromatic N) is 2. The highest BCUT2D eigenvalue weighted by Crippen LogP contribution is 2.29. The van der Waals surface area contributed by atoms with E-state index in [0.29, 0.717) is 0 Å². The van der Waals surface area contributed by atoms with Crippen molar-refractivity contribution in [3.05, 3.63) is 40.9 Å². The Bertz CT molecular complexity index is 351. The average molecular weight is 186 g/mol. The van der Waals surface area contributed by atoms with Gasteiger partial charge >= 0.3 is 6.18 Å². The molecule has 0 aliphatic rings. The van der Waals surface area contributed by atoms with E-state index in [1.165, 1.54) is 12.1 Å². The number of rotatable bonds is 1. The topological polar surface area (TPSA) is 36.4 Å². The van der Waals surface area contributed by atoms with Gasteiger partial charge in [0.25, 0.3) is 6.21 Å². The van der Waals surface area contributed by atoms with E-state index in [9.17, 15) is 13.2 Å². The molecule has 0 N–H and O–H groups in total. The molecule has 0 unspecified atom stereocenters. The van der Waals surface area contributed by atoms with E-state index in [0.717, 1.165) is 18.3 Å². The summed E-state index contributed by atoms with van der Waals surface area (Å²) < 4.78 is 36.3. The van der Waals surface area contributed by atoms with Gasteiger partial charge < -0.3 is 5.53 Å². The third-order valence-electron chi connectivity index (χ3n) is 1.42. The lowest BCUT2D eigenvalue weighted by molar-refractivity contribution is -0.137. The first kappa shape index (κ1) is 9.48. The summed E-state index contributed by atoms with van der Waals surface area (Å²) in [5, 5.41) is 0. The number of hydrogen-bond acceptors (Lipinski definition) is 0. The zero-order chi connectivity index (χ0) is 9.90. The van der Waals surface area contributed by atoms with Gasteiger partial charge in [-0.25, -0.2) is 0 Å². The lowest BCUT2D eigenvalue weighted by Gasteiger charge is -2.05. The minimum Gasteiger partial charge on any atom is -0.361 e. The summed E-state index contributed by atoms with van der Waals surface area (Å²) in [5.41, 5.74) is 7.55. The van der Waals surface area contributed by atoms with Crippen LogP contribution < -0.4 is 0 Å². The van der Waals surface area contributed by atoms with Crippen molar-refractivity contribution in [3.63, 3.8) is 0 Å². The SMILES string of the molecule is [N-]=[N+]=Cc1cccc(C(F)(F)F)c1. The highest BCUT2D eigenvalue weighted by molar-refractivity contribution is 5.75. The molecule has 0 aromatic heterocycles. The molecule has 0 fully saturated rings. The second-order valence-corrected chi connectivity index (χ2v) is 2.37. The van der Waals surface area contributed by atoms with E-state index in [2.05, 4.69) is 4.79 Å². The van der Waals surface area contributed by atoms with Gasteiger partial charge in [0, 0.05) is 0 Å². The van der Waals surface area contributed by atoms with Gasteiger partial charge in [-0.2, -0.15) is 18.0 Å². The maximum Gasteiger partial charge on any atom is 0.416 e. The van der Waals surface area contributed by atoms with E-state index in [4.69, 9.17) is 5.53 Å². The molecule has 5 heteroatoms. The molecular formula is C8H5F3N2. The van der Waals surface area contributed by atoms with Crippen LogP contribution in [0, 0.1) is 0 Å². The van der Waals surface area contributed by atoms with Crippen LogP contribution in [0.25, 0.3) is 5.53 Å². The van der Waals surface area contributed by atoms with E-state index >= 15 is 0 Å². The molecule has 0 atom stereocenters. The minimum atomic E-state index is -4.36. The molecule has 0 spiro atoms. The normalized spacial score (nSPS) is 10.7. The predicted molar refractivity (Wildman–Crippen MR) is 40.2 cm³/mol. The van der Waals surface area contributed by atoms with Gasteiger partial charge in [-0.1, -0.05) is 6.07 Å². The van der Waals surface area contributed by atoms with Crippen LogP contribution in [-0.4, -0.2) is 11.0 Å². The van der Waals surface area contributed by atoms with Gasteiger partial charge in [0.05, 0.1) is 11.1 Å². The Balaban J connectivity index is 3.12. The van der Waals surface area contributed by atoms with Gasteiger partial charge in [-0.3, -0.25) is 0 Å². The van der Waals surface area contributed by atoms with Crippen LogP contribution in [0.1, 0.15) is 11.1 Å². The molecule has 0 amide bonds. The van der Waals surface area contributed by atoms with Crippen LogP contribution in [0.5, 0.6) is 0 Å². The average Bonchev–Trinajstić information content (AvgIpc) is 2.04. The first-order valence-corrected chi connectivity index (χ1v) is 3.39. The summed E-state index contributed by atoms with van der Waals surface area (Å²) in [7, 11) is 0. The Morgan fingerprint density at radius 3 is 2.54 bits per heavy atom. The third kappa shape index (κ3) is 2.42. The van der Waals surface area contributed by atoms with Crippen molar-refractivity contribution in [2.45, 2.75) is 6.18 Å². The lowest BCUT2D eigenvalue weighted by Crippen LogP contribution is -2.05. The molecule has 0 aliphatic heterocycles. The maximum atomic E-state index is 12.1. The summed E-state index contributed by atoms with van der Waals surface area (Å²) in [6.07, 6.45) is -3.42. The largest absolute Gasteiger partial charge is 0.416 e. The summed E-state index contributed by atoms with van der Waals surface area (Å²) in [5.74, 6) is 0. The Morgan fingerprint density at radius 2 is 2.00 bits per heavy atom. The van der Waals surface area contributed by atoms with Crippen LogP contribution in [0.3, 0.4) is 0 Å². The minimum absolute atomic E-state index is 0.206. The quantitative estimate of drug-likeness (QED) is 0.366. The van der Waals surface area contributed by atoms with Crippen LogP contribution in [0.4, 0.5) is 13.2 Å². The van der Waals surface area contributed by atoms with Crippen LogP contribution in [-0.2, 0) is 6.18 Å². The van der Waals surface area contributed by atoms with Gasteiger partial charge in [-0.05, 0) is 18.2 Å². The third-order valence-corrected chi connectivity index (χ3v) is 1.42. The molecule has 1 aromatic carbocycles. The molecule has 2 nitrogen and oxygen atoms in total. The first-order chi connectivity index (χ1) is 6.04. The van der Waals surface area contributed by atoms with E-state index in [1.807, 2.05) is 0 Å². The fourth-order valence-electron chi connectivity index (χ4n) is 0.862. The Kier molecular flexibility index (Phi) is 2.49. The molecular weight excluding hydrogens is 181 g/mol. The Morgan fingerprint density at radius 1 is 1.31 bits per heavy atom. The molecule has 68 valence electrons. The fourth-order valence-corrected chi connectivity index (χ4v) is 0.862. The second-order valence-electron chi connectivity index (χ2n) is 2.37. The highest BCUT2D eigenvalue weighted by atomic mass is 19.4. The van der Waals surface area contributed by atoms with E-state index in [-0.39, 0.29) is 5.56 Å². The van der Waals surface area contributed by atoms with Gasteiger partial charge in [-0.15, -0.1) is 0 Å². The molecule has 0 aliphatic carbocycles. The van der Waals surface area contributed by atoms with Crippen molar-refractivity contribution in [1.82, 2.24) is 0 Å². The standard InChI is InChI=1S/C8H5F3N2/c9-8(10,11)7-3-1-2-6(4-7)5-13-12/h1-5H. The monoisotopic (exact) mass is 186 g/mol. The zero-order valence-electron chi connectivity index (χ0n) is 6.42. The fraction of sp³-hybridized carbons (Fsp3) is 0.125. The van der Waals surface area contributed by atoms with Gasteiger partial charge in [0.1, 0.15) is 0 Å². The van der Waals surface area contributed by atoms with Gasteiger partial charge in [0.15, 0.2) is 0 Å². The van der Waals surface area contributed by atoms with Crippen molar-refractivity contribution in [2.75, 3.05) is 0 Å². The molecule has 0 saturated carbocycles. The number of benzene rings is 1. The van der Waals surface area contributed by atoms with E-state index in [1.54, 1.807) is 0 Å². The van der Waals surface area contributed by atoms with Crippen molar-refractivity contribution < 1.29 is 18.0 Å². The Labute approximate surface area is 72.2 Å².